The number of thiophene rings is 1. The average Bonchev–Trinajstić information content (AvgIpc) is 3.12. The minimum absolute atomic E-state index is 0.0609. The monoisotopic (exact) mass is 402 g/mol. The van der Waals surface area contributed by atoms with Gasteiger partial charge in [0, 0.05) is 29.9 Å². The molecule has 1 aromatic heterocycles. The predicted octanol–water partition coefficient (Wildman–Crippen LogP) is 4.06. The molecular formula is C21H26N2O4S. The van der Waals surface area contributed by atoms with Crippen LogP contribution in [0.5, 0.6) is 0 Å². The third-order valence-corrected chi connectivity index (χ3v) is 5.97. The number of anilines is 1. The van der Waals surface area contributed by atoms with E-state index in [0.717, 1.165) is 35.9 Å². The number of nitrogens with one attached hydrogen (secondary N) is 1. The van der Waals surface area contributed by atoms with E-state index >= 15 is 0 Å². The number of hydrogen-bond donors (Lipinski definition) is 1. The highest BCUT2D eigenvalue weighted by Crippen LogP contribution is 2.29. The van der Waals surface area contributed by atoms with E-state index in [9.17, 15) is 14.4 Å². The number of likely N-dealkylation sites (tertiary alicyclic amines) is 1. The van der Waals surface area contributed by atoms with Crippen LogP contribution in [0.4, 0.5) is 5.69 Å². The second kappa shape index (κ2) is 9.19. The molecule has 0 radical (unpaired) electrons. The molecule has 2 amide bonds. The van der Waals surface area contributed by atoms with Crippen LogP contribution < -0.4 is 5.32 Å². The summed E-state index contributed by atoms with van der Waals surface area (Å²) in [6.07, 6.45) is 2.99. The van der Waals surface area contributed by atoms with Gasteiger partial charge < -0.3 is 15.0 Å². The van der Waals surface area contributed by atoms with Crippen molar-refractivity contribution in [1.82, 2.24) is 4.90 Å². The largest absolute Gasteiger partial charge is 0.462 e. The van der Waals surface area contributed by atoms with E-state index in [-0.39, 0.29) is 23.7 Å². The fraction of sp³-hybridized carbons (Fsp3) is 0.476. The number of carbonyl (C=O) groups is 3. The van der Waals surface area contributed by atoms with E-state index in [1.165, 1.54) is 11.3 Å². The summed E-state index contributed by atoms with van der Waals surface area (Å²) in [5.74, 6) is -0.448. The van der Waals surface area contributed by atoms with Gasteiger partial charge >= 0.3 is 5.97 Å². The number of piperidine rings is 1. The summed E-state index contributed by atoms with van der Waals surface area (Å²) in [5, 5.41) is 3.87. The first-order valence-electron chi connectivity index (χ1n) is 9.81. The van der Waals surface area contributed by atoms with Crippen LogP contribution in [0.1, 0.15) is 49.2 Å². The molecule has 150 valence electrons. The van der Waals surface area contributed by atoms with Crippen LogP contribution in [0.25, 0.3) is 10.1 Å². The van der Waals surface area contributed by atoms with Crippen LogP contribution in [0, 0.1) is 5.92 Å². The van der Waals surface area contributed by atoms with Crippen molar-refractivity contribution in [3.8, 4) is 0 Å². The summed E-state index contributed by atoms with van der Waals surface area (Å²) >= 11 is 1.38. The minimum atomic E-state index is -0.326. The summed E-state index contributed by atoms with van der Waals surface area (Å²) < 4.78 is 6.02. The normalized spacial score (nSPS) is 16.8. The molecule has 1 N–H and O–H groups in total. The van der Waals surface area contributed by atoms with Crippen molar-refractivity contribution >= 4 is 44.9 Å². The van der Waals surface area contributed by atoms with Crippen molar-refractivity contribution in [2.45, 2.75) is 39.5 Å². The highest BCUT2D eigenvalue weighted by Gasteiger charge is 2.28. The number of benzene rings is 1. The first kappa shape index (κ1) is 20.3. The first-order valence-corrected chi connectivity index (χ1v) is 10.6. The Hall–Kier alpha value is -2.41. The van der Waals surface area contributed by atoms with Gasteiger partial charge in [-0.1, -0.05) is 6.92 Å². The zero-order valence-corrected chi connectivity index (χ0v) is 17.1. The first-order chi connectivity index (χ1) is 13.5. The third-order valence-electron chi connectivity index (χ3n) is 4.87. The van der Waals surface area contributed by atoms with E-state index in [4.69, 9.17) is 4.74 Å². The van der Waals surface area contributed by atoms with Gasteiger partial charge in [0.05, 0.1) is 12.5 Å². The van der Waals surface area contributed by atoms with Crippen molar-refractivity contribution < 1.29 is 19.1 Å². The van der Waals surface area contributed by atoms with Gasteiger partial charge in [-0.15, -0.1) is 11.3 Å². The quantitative estimate of drug-likeness (QED) is 0.740. The molecular weight excluding hydrogens is 376 g/mol. The van der Waals surface area contributed by atoms with Gasteiger partial charge in [-0.3, -0.25) is 9.59 Å². The second-order valence-corrected chi connectivity index (χ2v) is 8.09. The number of rotatable bonds is 6. The van der Waals surface area contributed by atoms with Crippen molar-refractivity contribution in [2.75, 3.05) is 25.0 Å². The molecule has 1 aromatic carbocycles. The summed E-state index contributed by atoms with van der Waals surface area (Å²) in [6.45, 7) is 5.33. The van der Waals surface area contributed by atoms with Crippen LogP contribution in [0.15, 0.2) is 24.3 Å². The van der Waals surface area contributed by atoms with Gasteiger partial charge in [-0.25, -0.2) is 4.79 Å². The van der Waals surface area contributed by atoms with E-state index in [1.54, 1.807) is 13.0 Å². The summed E-state index contributed by atoms with van der Waals surface area (Å²) in [6, 6.07) is 7.40. The van der Waals surface area contributed by atoms with E-state index < -0.39 is 0 Å². The van der Waals surface area contributed by atoms with Crippen LogP contribution in [0.2, 0.25) is 0 Å². The highest BCUT2D eigenvalue weighted by molar-refractivity contribution is 7.20. The van der Waals surface area contributed by atoms with E-state index in [2.05, 4.69) is 5.32 Å². The molecule has 0 aliphatic carbocycles. The fourth-order valence-electron chi connectivity index (χ4n) is 3.46. The Morgan fingerprint density at radius 2 is 2.07 bits per heavy atom. The lowest BCUT2D eigenvalue weighted by atomic mass is 9.96. The average molecular weight is 403 g/mol. The molecule has 3 rings (SSSR count). The lowest BCUT2D eigenvalue weighted by Gasteiger charge is -2.32. The zero-order chi connectivity index (χ0) is 20.1. The Kier molecular flexibility index (Phi) is 6.67. The Morgan fingerprint density at radius 3 is 2.82 bits per heavy atom. The molecule has 1 aliphatic heterocycles. The molecule has 0 spiro atoms. The molecule has 6 nitrogen and oxygen atoms in total. The molecule has 7 heteroatoms. The van der Waals surface area contributed by atoms with Gasteiger partial charge in [0.25, 0.3) is 0 Å². The van der Waals surface area contributed by atoms with E-state index in [0.29, 0.717) is 30.1 Å². The summed E-state index contributed by atoms with van der Waals surface area (Å²) in [7, 11) is 0. The molecule has 1 aliphatic rings. The number of ether oxygens (including phenoxy) is 1. The molecule has 2 heterocycles. The van der Waals surface area contributed by atoms with E-state index in [1.807, 2.05) is 30.0 Å². The maximum absolute atomic E-state index is 12.7. The Labute approximate surface area is 168 Å². The van der Waals surface area contributed by atoms with Crippen LogP contribution in [0.3, 0.4) is 0 Å². The molecule has 2 aromatic rings. The second-order valence-electron chi connectivity index (χ2n) is 7.00. The smallest absolute Gasteiger partial charge is 0.348 e. The number of nitrogens with zero attached hydrogens (tertiary/aromatic N) is 1. The Morgan fingerprint density at radius 1 is 1.25 bits per heavy atom. The molecule has 28 heavy (non-hydrogen) atoms. The van der Waals surface area contributed by atoms with Crippen LogP contribution in [-0.2, 0) is 14.3 Å². The lowest BCUT2D eigenvalue weighted by molar-refractivity contribution is -0.134. The molecule has 1 fully saturated rings. The van der Waals surface area contributed by atoms with Crippen molar-refractivity contribution in [1.29, 1.82) is 0 Å². The topological polar surface area (TPSA) is 75.7 Å². The van der Waals surface area contributed by atoms with Gasteiger partial charge in [-0.2, -0.15) is 0 Å². The number of amides is 2. The SMILES string of the molecule is CCCC(=O)N1CCCC(C(=O)Nc2ccc3sc(C(=O)OCC)cc3c2)C1. The van der Waals surface area contributed by atoms with Crippen molar-refractivity contribution in [3.63, 3.8) is 0 Å². The van der Waals surface area contributed by atoms with Crippen LogP contribution >= 0.6 is 11.3 Å². The van der Waals surface area contributed by atoms with Gasteiger partial charge in [0.1, 0.15) is 4.88 Å². The maximum atomic E-state index is 12.7. The predicted molar refractivity (Wildman–Crippen MR) is 111 cm³/mol. The van der Waals surface area contributed by atoms with Gasteiger partial charge in [-0.05, 0) is 55.8 Å². The molecule has 0 saturated carbocycles. The Balaban J connectivity index is 1.67. The van der Waals surface area contributed by atoms with Crippen LogP contribution in [-0.4, -0.2) is 42.4 Å². The number of hydrogen-bond acceptors (Lipinski definition) is 5. The van der Waals surface area contributed by atoms with Crippen molar-refractivity contribution in [3.05, 3.63) is 29.1 Å². The lowest BCUT2D eigenvalue weighted by Crippen LogP contribution is -2.43. The zero-order valence-electron chi connectivity index (χ0n) is 16.3. The summed E-state index contributed by atoms with van der Waals surface area (Å²) in [4.78, 5) is 39.1. The van der Waals surface area contributed by atoms with Gasteiger partial charge in [0.15, 0.2) is 0 Å². The highest BCUT2D eigenvalue weighted by atomic mass is 32.1. The number of carbonyl (C=O) groups excluding carboxylic acids is 3. The minimum Gasteiger partial charge on any atom is -0.462 e. The standard InChI is InChI=1S/C21H26N2O4S/c1-3-6-19(24)23-10-5-7-14(13-23)20(25)22-16-8-9-17-15(11-16)12-18(28-17)21(26)27-4-2/h8-9,11-12,14H,3-7,10,13H2,1-2H3,(H,22,25). The number of fused-ring (bicyclic) bond motifs is 1. The summed E-state index contributed by atoms with van der Waals surface area (Å²) in [5.41, 5.74) is 0.697. The molecule has 1 unspecified atom stereocenters. The molecule has 1 saturated heterocycles. The van der Waals surface area contributed by atoms with Crippen molar-refractivity contribution in [2.24, 2.45) is 5.92 Å². The fourth-order valence-corrected chi connectivity index (χ4v) is 4.39. The Bertz CT molecular complexity index is 876. The molecule has 0 bridgehead atoms. The maximum Gasteiger partial charge on any atom is 0.348 e. The third kappa shape index (κ3) is 4.70. The van der Waals surface area contributed by atoms with Gasteiger partial charge in [0.2, 0.25) is 11.8 Å². The number of esters is 1. The molecule has 1 atom stereocenters.